The first kappa shape index (κ1) is 32.8. The molecule has 0 aliphatic carbocycles. The van der Waals surface area contributed by atoms with Gasteiger partial charge in [-0.05, 0) is 72.0 Å². The molecule has 4 aromatic rings. The molecule has 0 amide bonds. The maximum absolute atomic E-state index is 12.1. The molecule has 0 spiro atoms. The van der Waals surface area contributed by atoms with Crippen molar-refractivity contribution in [3.05, 3.63) is 64.2 Å². The second-order valence-corrected chi connectivity index (χ2v) is 13.4. The lowest BCUT2D eigenvalue weighted by atomic mass is 10.0. The normalized spacial score (nSPS) is 13.4. The van der Waals surface area contributed by atoms with Crippen LogP contribution in [0.3, 0.4) is 0 Å². The van der Waals surface area contributed by atoms with Gasteiger partial charge in [-0.1, -0.05) is 6.42 Å². The molecule has 0 saturated carbocycles. The molecule has 46 heavy (non-hydrogen) atoms. The van der Waals surface area contributed by atoms with Crippen LogP contribution in [0.15, 0.2) is 58.8 Å². The van der Waals surface area contributed by atoms with Crippen LogP contribution in [0.4, 0.5) is 22.2 Å². The third-order valence-electron chi connectivity index (χ3n) is 7.49. The monoisotopic (exact) mass is 673 g/mol. The van der Waals surface area contributed by atoms with Crippen LogP contribution in [0.1, 0.15) is 44.1 Å². The first-order valence-electron chi connectivity index (χ1n) is 14.6. The van der Waals surface area contributed by atoms with Crippen LogP contribution in [0, 0.1) is 10.1 Å². The number of aryl methyl sites for hydroxylation is 2. The van der Waals surface area contributed by atoms with Crippen molar-refractivity contribution in [2.45, 2.75) is 51.5 Å². The van der Waals surface area contributed by atoms with Crippen molar-refractivity contribution >= 4 is 59.8 Å². The van der Waals surface area contributed by atoms with Gasteiger partial charge >= 0.3 is 11.1 Å². The van der Waals surface area contributed by atoms with E-state index in [2.05, 4.69) is 15.1 Å². The molecule has 5 rings (SSSR count). The summed E-state index contributed by atoms with van der Waals surface area (Å²) in [6.45, 7) is 1.92. The van der Waals surface area contributed by atoms with Crippen molar-refractivity contribution in [3.8, 4) is 11.8 Å². The second-order valence-electron chi connectivity index (χ2n) is 10.8. The molecule has 3 heterocycles. The summed E-state index contributed by atoms with van der Waals surface area (Å²) in [7, 11) is -4.15. The van der Waals surface area contributed by atoms with Crippen LogP contribution >= 0.6 is 11.3 Å². The standard InChI is InChI=1S/C29H32N6O9S2/c36-26-12-13-27(37)34(26)44-28(38)7-2-1-3-14-32-15-4-6-20-18-21(8-10-23(20)32)30-31-29-33(16-5-17-46(41,42)43)24-11-9-22(35(39)40)19-25(24)45-29/h8-13,18-19,30H,1-7,14-17H2,(H,41,42,43)/p+1. The molecule has 0 radical (unpaired) electrons. The average Bonchev–Trinajstić information content (AvgIpc) is 3.52. The van der Waals surface area contributed by atoms with E-state index in [9.17, 15) is 33.5 Å². The van der Waals surface area contributed by atoms with Gasteiger partial charge in [-0.15, -0.1) is 4.73 Å². The summed E-state index contributed by atoms with van der Waals surface area (Å²) in [5.41, 5.74) is 3.45. The van der Waals surface area contributed by atoms with Gasteiger partial charge < -0.3 is 20.0 Å². The van der Waals surface area contributed by atoms with Crippen molar-refractivity contribution < 1.29 is 42.3 Å². The summed E-state index contributed by atoms with van der Waals surface area (Å²) in [6.07, 6.45) is 4.36. The van der Waals surface area contributed by atoms with Crippen LogP contribution in [0.25, 0.3) is 10.2 Å². The van der Waals surface area contributed by atoms with Gasteiger partial charge in [-0.3, -0.25) is 14.7 Å². The molecular weight excluding hydrogens is 640 g/mol. The predicted molar refractivity (Wildman–Crippen MR) is 169 cm³/mol. The van der Waals surface area contributed by atoms with Crippen LogP contribution in [-0.4, -0.2) is 57.6 Å². The number of azo groups is 1. The first-order chi connectivity index (χ1) is 22.0. The first-order valence-corrected chi connectivity index (χ1v) is 17.1. The minimum Gasteiger partial charge on any atom is -0.492 e. The van der Waals surface area contributed by atoms with Crippen molar-refractivity contribution in [2.75, 3.05) is 23.7 Å². The number of rotatable bonds is 14. The summed E-state index contributed by atoms with van der Waals surface area (Å²) >= 11 is 1.20. The molecular formula is C29H33N6O9S2+. The molecule has 1 aliphatic heterocycles. The number of non-ortho nitro benzene ring substituents is 1. The Bertz CT molecular complexity index is 1870. The lowest BCUT2D eigenvalue weighted by Gasteiger charge is -2.31. The fourth-order valence-corrected chi connectivity index (χ4v) is 6.86. The van der Waals surface area contributed by atoms with Crippen molar-refractivity contribution in [3.63, 3.8) is 0 Å². The van der Waals surface area contributed by atoms with Crippen LogP contribution in [-0.2, 0) is 27.9 Å². The van der Waals surface area contributed by atoms with E-state index in [0.29, 0.717) is 32.2 Å². The molecule has 0 unspecified atom stereocenters. The largest absolute Gasteiger partial charge is 0.492 e. The van der Waals surface area contributed by atoms with Gasteiger partial charge in [0.05, 0.1) is 27.0 Å². The number of hydrogen-bond acceptors (Lipinski definition) is 12. The van der Waals surface area contributed by atoms with Crippen LogP contribution < -0.4 is 14.3 Å². The number of unbranched alkanes of at least 4 members (excludes halogenated alkanes) is 2. The molecule has 0 saturated heterocycles. The zero-order valence-corrected chi connectivity index (χ0v) is 26.3. The maximum atomic E-state index is 12.1. The summed E-state index contributed by atoms with van der Waals surface area (Å²) < 4.78 is 34.7. The third kappa shape index (κ3) is 8.15. The maximum Gasteiger partial charge on any atom is 0.409 e. The zero-order chi connectivity index (χ0) is 32.8. The van der Waals surface area contributed by atoms with Crippen molar-refractivity contribution in [2.24, 2.45) is 10.2 Å². The van der Waals surface area contributed by atoms with Gasteiger partial charge in [0.1, 0.15) is 11.2 Å². The number of carbonyl (C=O) groups excluding carboxylic acids is 1. The molecule has 15 nitrogen and oxygen atoms in total. The molecule has 3 N–H and O–H groups in total. The number of anilines is 1. The van der Waals surface area contributed by atoms with Crippen LogP contribution in [0.2, 0.25) is 0 Å². The van der Waals surface area contributed by atoms with Gasteiger partial charge in [-0.25, -0.2) is 9.36 Å². The van der Waals surface area contributed by atoms with Gasteiger partial charge in [0.15, 0.2) is 0 Å². The van der Waals surface area contributed by atoms with Gasteiger partial charge in [0, 0.05) is 55.9 Å². The molecule has 0 bridgehead atoms. The van der Waals surface area contributed by atoms with E-state index in [1.807, 2.05) is 18.2 Å². The summed E-state index contributed by atoms with van der Waals surface area (Å²) in [5, 5.41) is 39.8. The zero-order valence-electron chi connectivity index (χ0n) is 24.7. The SMILES string of the molecule is O=C(CCCCCN1CCCc2cc(N=Nc3sc4cc([N+](=O)[O-])ccc4[n+]3CCCS(=O)(=O)O)ccc21)On1c(O)ccc1O. The average molecular weight is 674 g/mol. The van der Waals surface area contributed by atoms with E-state index < -0.39 is 26.8 Å². The Kier molecular flexibility index (Phi) is 10.1. The van der Waals surface area contributed by atoms with E-state index in [0.717, 1.165) is 50.0 Å². The molecule has 244 valence electrons. The Hall–Kier alpha value is -4.61. The summed E-state index contributed by atoms with van der Waals surface area (Å²) in [6, 6.07) is 12.7. The fourth-order valence-electron chi connectivity index (χ4n) is 5.32. The highest BCUT2D eigenvalue weighted by Gasteiger charge is 2.23. The van der Waals surface area contributed by atoms with Gasteiger partial charge in [0.25, 0.3) is 15.8 Å². The molecule has 0 atom stereocenters. The quantitative estimate of drug-likeness (QED) is 0.0410. The van der Waals surface area contributed by atoms with Gasteiger partial charge in [-0.2, -0.15) is 8.42 Å². The number of benzene rings is 2. The van der Waals surface area contributed by atoms with Crippen molar-refractivity contribution in [1.29, 1.82) is 0 Å². The number of aromatic nitrogens is 2. The Morgan fingerprint density at radius 2 is 1.83 bits per heavy atom. The minimum atomic E-state index is -4.15. The Morgan fingerprint density at radius 1 is 1.04 bits per heavy atom. The lowest BCUT2D eigenvalue weighted by molar-refractivity contribution is -0.654. The third-order valence-corrected chi connectivity index (χ3v) is 9.33. The smallest absolute Gasteiger partial charge is 0.409 e. The topological polar surface area (TPSA) is 201 Å². The molecule has 1 aliphatic rings. The number of nitrogens with zero attached hydrogens (tertiary/aromatic N) is 6. The summed E-state index contributed by atoms with van der Waals surface area (Å²) in [4.78, 5) is 30.1. The molecule has 17 heteroatoms. The number of thiazole rings is 1. The highest BCUT2D eigenvalue weighted by Crippen LogP contribution is 2.34. The summed E-state index contributed by atoms with van der Waals surface area (Å²) in [5.74, 6) is -1.69. The van der Waals surface area contributed by atoms with E-state index in [1.54, 1.807) is 10.6 Å². The van der Waals surface area contributed by atoms with E-state index in [4.69, 9.17) is 9.39 Å². The van der Waals surface area contributed by atoms with Crippen LogP contribution in [0.5, 0.6) is 11.8 Å². The number of fused-ring (bicyclic) bond motifs is 2. The molecule has 2 aromatic heterocycles. The molecule has 0 fully saturated rings. The van der Waals surface area contributed by atoms with E-state index in [1.165, 1.54) is 35.6 Å². The van der Waals surface area contributed by atoms with E-state index in [-0.39, 0.29) is 36.8 Å². The predicted octanol–water partition coefficient (Wildman–Crippen LogP) is 4.97. The number of nitro benzene ring substituents is 1. The Balaban J connectivity index is 1.21. The molecule has 2 aromatic carbocycles. The number of hydrogen-bond donors (Lipinski definition) is 3. The highest BCUT2D eigenvalue weighted by atomic mass is 32.2. The van der Waals surface area contributed by atoms with Gasteiger partial charge in [0.2, 0.25) is 11.8 Å². The fraction of sp³-hybridized carbons (Fsp3) is 0.379. The number of aromatic hydroxyl groups is 2. The number of nitro groups is 1. The van der Waals surface area contributed by atoms with E-state index >= 15 is 0 Å². The number of carbonyl (C=O) groups is 1. The Labute approximate surface area is 267 Å². The van der Waals surface area contributed by atoms with Crippen molar-refractivity contribution in [1.82, 2.24) is 4.73 Å². The minimum absolute atomic E-state index is 0.0702. The second kappa shape index (κ2) is 14.2. The lowest BCUT2D eigenvalue weighted by Crippen LogP contribution is -2.33. The highest BCUT2D eigenvalue weighted by molar-refractivity contribution is 7.85. The Morgan fingerprint density at radius 3 is 2.57 bits per heavy atom.